The molecule has 0 aromatic carbocycles. The number of carbonyl (C=O) groups excluding carboxylic acids is 1. The molecule has 0 bridgehead atoms. The van der Waals surface area contributed by atoms with Crippen LogP contribution >= 0.6 is 11.3 Å². The van der Waals surface area contributed by atoms with Gasteiger partial charge in [-0.1, -0.05) is 0 Å². The van der Waals surface area contributed by atoms with E-state index in [4.69, 9.17) is 5.73 Å². The summed E-state index contributed by atoms with van der Waals surface area (Å²) in [5, 5.41) is -1.01. The maximum Gasteiger partial charge on any atom is 0.443 e. The van der Waals surface area contributed by atoms with Crippen LogP contribution in [0.1, 0.15) is 20.4 Å². The molecule has 0 atom stereocenters. The Labute approximate surface area is 81.7 Å². The van der Waals surface area contributed by atoms with E-state index >= 15 is 0 Å². The maximum atomic E-state index is 12.2. The lowest BCUT2D eigenvalue weighted by Gasteiger charge is -1.98. The third-order valence-electron chi connectivity index (χ3n) is 1.49. The number of aryl methyl sites for hydroxylation is 1. The first-order valence-corrected chi connectivity index (χ1v) is 4.45. The number of ketones is 1. The molecule has 1 aromatic heterocycles. The van der Waals surface area contributed by atoms with E-state index in [1.807, 2.05) is 0 Å². The van der Waals surface area contributed by atoms with Crippen LogP contribution in [0, 0.1) is 6.92 Å². The van der Waals surface area contributed by atoms with Crippen LogP contribution in [0.5, 0.6) is 0 Å². The molecule has 1 heterocycles. The van der Waals surface area contributed by atoms with Crippen molar-refractivity contribution in [3.63, 3.8) is 0 Å². The van der Waals surface area contributed by atoms with Crippen molar-refractivity contribution in [2.24, 2.45) is 5.73 Å². The quantitative estimate of drug-likeness (QED) is 0.776. The zero-order valence-corrected chi connectivity index (χ0v) is 8.00. The van der Waals surface area contributed by atoms with Crippen LogP contribution in [0.3, 0.4) is 0 Å². The molecule has 0 fully saturated rings. The molecule has 7 heteroatoms. The summed E-state index contributed by atoms with van der Waals surface area (Å²) < 4.78 is 36.5. The van der Waals surface area contributed by atoms with Crippen LogP contribution < -0.4 is 5.73 Å². The van der Waals surface area contributed by atoms with Gasteiger partial charge in [-0.3, -0.25) is 4.79 Å². The number of carbonyl (C=O) groups is 1. The molecule has 0 aliphatic carbocycles. The number of rotatable bonds is 2. The highest BCUT2D eigenvalue weighted by atomic mass is 32.1. The second kappa shape index (κ2) is 3.66. The molecular formula is C7H7F3N2OS. The van der Waals surface area contributed by atoms with Crippen LogP contribution in [0.15, 0.2) is 0 Å². The fourth-order valence-corrected chi connectivity index (χ4v) is 1.67. The summed E-state index contributed by atoms with van der Waals surface area (Å²) in [6, 6.07) is 0. The summed E-state index contributed by atoms with van der Waals surface area (Å²) in [5.74, 6) is -0.575. The summed E-state index contributed by atoms with van der Waals surface area (Å²) in [7, 11) is 0. The van der Waals surface area contributed by atoms with Gasteiger partial charge in [-0.2, -0.15) is 13.2 Å². The molecule has 78 valence electrons. The van der Waals surface area contributed by atoms with Gasteiger partial charge in [0.15, 0.2) is 10.8 Å². The van der Waals surface area contributed by atoms with Crippen molar-refractivity contribution in [2.45, 2.75) is 13.1 Å². The van der Waals surface area contributed by atoms with Gasteiger partial charge in [0.2, 0.25) is 0 Å². The van der Waals surface area contributed by atoms with E-state index in [2.05, 4.69) is 4.98 Å². The van der Waals surface area contributed by atoms with Gasteiger partial charge in [0.25, 0.3) is 0 Å². The lowest BCUT2D eigenvalue weighted by Crippen LogP contribution is -2.15. The average Bonchev–Trinajstić information content (AvgIpc) is 2.45. The minimum Gasteiger partial charge on any atom is -0.324 e. The Bertz CT molecular complexity index is 358. The van der Waals surface area contributed by atoms with E-state index in [1.54, 1.807) is 0 Å². The molecule has 2 N–H and O–H groups in total. The van der Waals surface area contributed by atoms with Gasteiger partial charge in [0, 0.05) is 4.88 Å². The van der Waals surface area contributed by atoms with Crippen molar-refractivity contribution in [3.05, 3.63) is 15.6 Å². The Morgan fingerprint density at radius 2 is 2.14 bits per heavy atom. The van der Waals surface area contributed by atoms with Crippen molar-refractivity contribution in [3.8, 4) is 0 Å². The Balaban J connectivity index is 3.12. The second-order valence-corrected chi connectivity index (χ2v) is 3.75. The van der Waals surface area contributed by atoms with Gasteiger partial charge in [0.05, 0.1) is 6.54 Å². The lowest BCUT2D eigenvalue weighted by molar-refractivity contribution is -0.137. The monoisotopic (exact) mass is 224 g/mol. The zero-order valence-electron chi connectivity index (χ0n) is 7.18. The topological polar surface area (TPSA) is 56.0 Å². The minimum absolute atomic E-state index is 0.176. The van der Waals surface area contributed by atoms with Gasteiger partial charge in [-0.05, 0) is 6.92 Å². The summed E-state index contributed by atoms with van der Waals surface area (Å²) in [6.45, 7) is 1.08. The number of Topliss-reactive ketones (excluding diaryl/α,β-unsaturated/α-hetero) is 1. The van der Waals surface area contributed by atoms with Crippen molar-refractivity contribution < 1.29 is 18.0 Å². The first-order valence-electron chi connectivity index (χ1n) is 3.64. The molecule has 3 nitrogen and oxygen atoms in total. The highest BCUT2D eigenvalue weighted by Gasteiger charge is 2.36. The second-order valence-electron chi connectivity index (χ2n) is 2.55. The first-order chi connectivity index (χ1) is 6.36. The number of hydrogen-bond acceptors (Lipinski definition) is 4. The molecule has 14 heavy (non-hydrogen) atoms. The number of hydrogen-bond donors (Lipinski definition) is 1. The fourth-order valence-electron chi connectivity index (χ4n) is 0.873. The van der Waals surface area contributed by atoms with Crippen LogP contribution in [-0.4, -0.2) is 17.3 Å². The van der Waals surface area contributed by atoms with Crippen molar-refractivity contribution >= 4 is 17.1 Å². The summed E-state index contributed by atoms with van der Waals surface area (Å²) >= 11 is 0.453. The summed E-state index contributed by atoms with van der Waals surface area (Å²) in [4.78, 5) is 14.5. The van der Waals surface area contributed by atoms with Crippen LogP contribution in [-0.2, 0) is 6.18 Å². The standard InChI is InChI=1S/C7H7F3N2OS/c1-3-5(4(13)2-11)12-6(14-3)7(8,9)10/h2,11H2,1H3. The highest BCUT2D eigenvalue weighted by molar-refractivity contribution is 7.12. The first kappa shape index (κ1) is 11.1. The van der Waals surface area contributed by atoms with E-state index in [0.717, 1.165) is 0 Å². The molecule has 0 aliphatic rings. The molecule has 1 rings (SSSR count). The molecular weight excluding hydrogens is 217 g/mol. The number of nitrogens with zero attached hydrogens (tertiary/aromatic N) is 1. The van der Waals surface area contributed by atoms with Gasteiger partial charge < -0.3 is 5.73 Å². The lowest BCUT2D eigenvalue weighted by atomic mass is 10.2. The number of thiazole rings is 1. The van der Waals surface area contributed by atoms with Gasteiger partial charge in [0.1, 0.15) is 5.69 Å². The Morgan fingerprint density at radius 3 is 2.50 bits per heavy atom. The van der Waals surface area contributed by atoms with E-state index < -0.39 is 17.0 Å². The van der Waals surface area contributed by atoms with E-state index in [9.17, 15) is 18.0 Å². The SMILES string of the molecule is Cc1sc(C(F)(F)F)nc1C(=O)CN. The average molecular weight is 224 g/mol. The van der Waals surface area contributed by atoms with Crippen molar-refractivity contribution in [2.75, 3.05) is 6.54 Å². The molecule has 0 aliphatic heterocycles. The summed E-state index contributed by atoms with van der Waals surface area (Å²) in [5.41, 5.74) is 4.85. The number of alkyl halides is 3. The summed E-state index contributed by atoms with van der Waals surface area (Å²) in [6.07, 6.45) is -4.50. The highest BCUT2D eigenvalue weighted by Crippen LogP contribution is 2.33. The molecule has 0 spiro atoms. The predicted molar refractivity (Wildman–Crippen MR) is 45.2 cm³/mol. The normalized spacial score (nSPS) is 11.8. The largest absolute Gasteiger partial charge is 0.443 e. The molecule has 0 amide bonds. The number of aromatic nitrogens is 1. The Morgan fingerprint density at radius 1 is 1.57 bits per heavy atom. The van der Waals surface area contributed by atoms with E-state index in [0.29, 0.717) is 11.3 Å². The van der Waals surface area contributed by atoms with Gasteiger partial charge in [-0.15, -0.1) is 11.3 Å². The smallest absolute Gasteiger partial charge is 0.324 e. The van der Waals surface area contributed by atoms with E-state index in [1.165, 1.54) is 6.92 Å². The van der Waals surface area contributed by atoms with Crippen molar-refractivity contribution in [1.82, 2.24) is 4.98 Å². The molecule has 0 saturated carbocycles. The van der Waals surface area contributed by atoms with Crippen LogP contribution in [0.2, 0.25) is 0 Å². The minimum atomic E-state index is -4.50. The van der Waals surface area contributed by atoms with Crippen LogP contribution in [0.25, 0.3) is 0 Å². The predicted octanol–water partition coefficient (Wildman–Crippen LogP) is 1.61. The van der Waals surface area contributed by atoms with Gasteiger partial charge in [-0.25, -0.2) is 4.98 Å². The van der Waals surface area contributed by atoms with Crippen LogP contribution in [0.4, 0.5) is 13.2 Å². The number of halogens is 3. The Hall–Kier alpha value is -0.950. The fraction of sp³-hybridized carbons (Fsp3) is 0.429. The van der Waals surface area contributed by atoms with E-state index in [-0.39, 0.29) is 17.1 Å². The third-order valence-corrected chi connectivity index (χ3v) is 2.50. The molecule has 0 unspecified atom stereocenters. The van der Waals surface area contributed by atoms with Crippen molar-refractivity contribution in [1.29, 1.82) is 0 Å². The zero-order chi connectivity index (χ0) is 10.9. The Kier molecular flexibility index (Phi) is 2.91. The van der Waals surface area contributed by atoms with Gasteiger partial charge >= 0.3 is 6.18 Å². The maximum absolute atomic E-state index is 12.2. The third kappa shape index (κ3) is 2.10. The molecule has 0 radical (unpaired) electrons. The molecule has 0 saturated heterocycles. The number of nitrogens with two attached hydrogens (primary N) is 1. The molecule has 1 aromatic rings.